The summed E-state index contributed by atoms with van der Waals surface area (Å²) in [6.45, 7) is 0. The van der Waals surface area contributed by atoms with Gasteiger partial charge in [0.1, 0.15) is 0 Å². The minimum atomic E-state index is 1.13. The van der Waals surface area contributed by atoms with Crippen LogP contribution in [-0.4, -0.2) is 4.57 Å². The molecule has 0 N–H and O–H groups in total. The number of aryl methyl sites for hydroxylation is 1. The highest BCUT2D eigenvalue weighted by Gasteiger charge is 2.26. The number of aromatic nitrogens is 1. The maximum Gasteiger partial charge on any atom is 0.0618 e. The van der Waals surface area contributed by atoms with Gasteiger partial charge in [-0.05, 0) is 87.7 Å². The highest BCUT2D eigenvalue weighted by Crippen LogP contribution is 2.52. The van der Waals surface area contributed by atoms with Crippen LogP contribution in [0.3, 0.4) is 0 Å². The van der Waals surface area contributed by atoms with E-state index in [4.69, 9.17) is 0 Å². The number of rotatable bonds is 4. The van der Waals surface area contributed by atoms with Gasteiger partial charge in [-0.3, -0.25) is 0 Å². The standard InChI is InChI=1S/C46H31NS/c1-3-12-30(13-4-1)35-19-11-20-36(31-14-5-2-6-15-31)46(35)47-41-22-8-7-18-37(41)39-28-33(24-26-42(39)47)34-25-27-43-40(29-34)38-21-9-16-32-17-10-23-44(48-43)45(32)38/h1-9,11-16,18-29H,10,17H2. The van der Waals surface area contributed by atoms with Gasteiger partial charge in [0.15, 0.2) is 0 Å². The Morgan fingerprint density at radius 3 is 1.90 bits per heavy atom. The highest BCUT2D eigenvalue weighted by atomic mass is 32.2. The van der Waals surface area contributed by atoms with Crippen molar-refractivity contribution in [1.82, 2.24) is 4.57 Å². The quantitative estimate of drug-likeness (QED) is 0.187. The highest BCUT2D eigenvalue weighted by molar-refractivity contribution is 8.08. The van der Waals surface area contributed by atoms with E-state index in [9.17, 15) is 0 Å². The number of hydrogen-bond donors (Lipinski definition) is 0. The molecule has 0 unspecified atom stereocenters. The Hall–Kier alpha value is -5.57. The lowest BCUT2D eigenvalue weighted by Gasteiger charge is -2.27. The molecule has 2 heterocycles. The smallest absolute Gasteiger partial charge is 0.0618 e. The fourth-order valence-electron chi connectivity index (χ4n) is 7.88. The molecule has 1 aliphatic carbocycles. The molecule has 10 rings (SSSR count). The zero-order chi connectivity index (χ0) is 31.6. The van der Waals surface area contributed by atoms with Crippen LogP contribution in [0.25, 0.3) is 76.9 Å². The fraction of sp³-hybridized carbons (Fsp3) is 0.0435. The number of hydrogen-bond acceptors (Lipinski definition) is 1. The lowest BCUT2D eigenvalue weighted by molar-refractivity contribution is 0.983. The van der Waals surface area contributed by atoms with Crippen LogP contribution in [0.15, 0.2) is 169 Å². The predicted octanol–water partition coefficient (Wildman–Crippen LogP) is 12.8. The van der Waals surface area contributed by atoms with E-state index in [1.165, 1.54) is 92.9 Å². The first-order chi connectivity index (χ1) is 23.8. The van der Waals surface area contributed by atoms with Crippen LogP contribution in [0.2, 0.25) is 0 Å². The second-order valence-electron chi connectivity index (χ2n) is 12.8. The summed E-state index contributed by atoms with van der Waals surface area (Å²) in [7, 11) is 0. The first-order valence-corrected chi connectivity index (χ1v) is 17.6. The first-order valence-electron chi connectivity index (χ1n) is 16.7. The van der Waals surface area contributed by atoms with E-state index in [1.807, 2.05) is 11.8 Å². The van der Waals surface area contributed by atoms with E-state index >= 15 is 0 Å². The predicted molar refractivity (Wildman–Crippen MR) is 205 cm³/mol. The number of para-hydroxylation sites is 2. The van der Waals surface area contributed by atoms with Gasteiger partial charge in [0, 0.05) is 31.7 Å². The molecule has 0 atom stereocenters. The summed E-state index contributed by atoms with van der Waals surface area (Å²) in [5, 5.41) is 2.52. The Balaban J connectivity index is 1.20. The largest absolute Gasteiger partial charge is 0.308 e. The molecule has 0 saturated heterocycles. The number of fused-ring (bicyclic) bond motifs is 5. The first kappa shape index (κ1) is 27.5. The number of benzene rings is 7. The minimum Gasteiger partial charge on any atom is -0.308 e. The molecule has 8 aromatic rings. The zero-order valence-electron chi connectivity index (χ0n) is 26.4. The van der Waals surface area contributed by atoms with Crippen molar-refractivity contribution in [3.63, 3.8) is 0 Å². The fourth-order valence-corrected chi connectivity index (χ4v) is 9.08. The molecule has 0 spiro atoms. The Kier molecular flexibility index (Phi) is 6.32. The van der Waals surface area contributed by atoms with E-state index < -0.39 is 0 Å². The Bertz CT molecular complexity index is 2510. The van der Waals surface area contributed by atoms with Crippen molar-refractivity contribution in [3.8, 4) is 50.2 Å². The summed E-state index contributed by atoms with van der Waals surface area (Å²) >= 11 is 1.93. The number of nitrogens with zero attached hydrogens (tertiary/aromatic N) is 1. The minimum absolute atomic E-state index is 1.13. The molecule has 0 bridgehead atoms. The van der Waals surface area contributed by atoms with Gasteiger partial charge >= 0.3 is 0 Å². The number of thioether (sulfide) groups is 1. The van der Waals surface area contributed by atoms with Crippen LogP contribution in [0, 0.1) is 0 Å². The molecule has 2 aliphatic rings. The molecular weight excluding hydrogens is 599 g/mol. The Morgan fingerprint density at radius 1 is 0.458 bits per heavy atom. The third kappa shape index (κ3) is 4.26. The van der Waals surface area contributed by atoms with Crippen molar-refractivity contribution in [2.24, 2.45) is 0 Å². The summed E-state index contributed by atoms with van der Waals surface area (Å²) < 4.78 is 2.49. The SMILES string of the molecule is C1=C2Sc3ccc(-c4ccc5c(c4)c4ccccc4n5-c4c(-c5ccccc5)cccc4-c4ccccc4)cc3-c3cccc(c32)CC1. The van der Waals surface area contributed by atoms with Gasteiger partial charge in [0.05, 0.1) is 16.7 Å². The van der Waals surface area contributed by atoms with Gasteiger partial charge < -0.3 is 4.57 Å². The zero-order valence-corrected chi connectivity index (χ0v) is 27.2. The molecule has 0 saturated carbocycles. The van der Waals surface area contributed by atoms with Crippen molar-refractivity contribution in [2.75, 3.05) is 0 Å². The average molecular weight is 630 g/mol. The molecule has 1 aliphatic heterocycles. The second kappa shape index (κ2) is 11.0. The molecule has 0 radical (unpaired) electrons. The lowest BCUT2D eigenvalue weighted by atomic mass is 9.88. The molecule has 0 fully saturated rings. The van der Waals surface area contributed by atoms with Crippen LogP contribution >= 0.6 is 11.8 Å². The average Bonchev–Trinajstić information content (AvgIpc) is 3.49. The van der Waals surface area contributed by atoms with Crippen molar-refractivity contribution in [2.45, 2.75) is 17.7 Å². The monoisotopic (exact) mass is 629 g/mol. The summed E-state index contributed by atoms with van der Waals surface area (Å²) in [6.07, 6.45) is 4.68. The normalized spacial score (nSPS) is 13.3. The van der Waals surface area contributed by atoms with Gasteiger partial charge in [-0.15, -0.1) is 0 Å². The molecule has 2 heteroatoms. The summed E-state index contributed by atoms with van der Waals surface area (Å²) in [6, 6.07) is 58.1. The molecular formula is C46H31NS. The van der Waals surface area contributed by atoms with Gasteiger partial charge in [0.25, 0.3) is 0 Å². The van der Waals surface area contributed by atoms with Crippen LogP contribution in [0.1, 0.15) is 17.5 Å². The maximum atomic E-state index is 2.49. The van der Waals surface area contributed by atoms with E-state index in [-0.39, 0.29) is 0 Å². The molecule has 0 amide bonds. The molecule has 1 aromatic heterocycles. The van der Waals surface area contributed by atoms with Gasteiger partial charge in [0.2, 0.25) is 0 Å². The van der Waals surface area contributed by atoms with Crippen LogP contribution in [-0.2, 0) is 6.42 Å². The van der Waals surface area contributed by atoms with E-state index in [2.05, 4.69) is 168 Å². The maximum absolute atomic E-state index is 2.49. The molecule has 1 nitrogen and oxygen atoms in total. The molecule has 48 heavy (non-hydrogen) atoms. The summed E-state index contributed by atoms with van der Waals surface area (Å²) in [4.78, 5) is 2.77. The number of allylic oxidation sites excluding steroid dienone is 1. The van der Waals surface area contributed by atoms with Gasteiger partial charge in [-0.1, -0.05) is 145 Å². The van der Waals surface area contributed by atoms with Gasteiger partial charge in [-0.25, -0.2) is 0 Å². The van der Waals surface area contributed by atoms with E-state index in [0.29, 0.717) is 0 Å². The lowest BCUT2D eigenvalue weighted by Crippen LogP contribution is -2.04. The Labute approximate surface area is 284 Å². The Morgan fingerprint density at radius 2 is 1.10 bits per heavy atom. The van der Waals surface area contributed by atoms with E-state index in [0.717, 1.165) is 12.8 Å². The second-order valence-corrected chi connectivity index (χ2v) is 13.9. The third-order valence-electron chi connectivity index (χ3n) is 10.1. The van der Waals surface area contributed by atoms with Crippen LogP contribution in [0.5, 0.6) is 0 Å². The van der Waals surface area contributed by atoms with Crippen molar-refractivity contribution < 1.29 is 0 Å². The van der Waals surface area contributed by atoms with Crippen molar-refractivity contribution in [1.29, 1.82) is 0 Å². The van der Waals surface area contributed by atoms with E-state index in [1.54, 1.807) is 0 Å². The third-order valence-corrected chi connectivity index (χ3v) is 11.2. The van der Waals surface area contributed by atoms with Crippen molar-refractivity contribution in [3.05, 3.63) is 175 Å². The van der Waals surface area contributed by atoms with Crippen molar-refractivity contribution >= 4 is 38.5 Å². The summed E-state index contributed by atoms with van der Waals surface area (Å²) in [5.41, 5.74) is 16.6. The van der Waals surface area contributed by atoms with Gasteiger partial charge in [-0.2, -0.15) is 0 Å². The molecule has 7 aromatic carbocycles. The molecule has 226 valence electrons. The van der Waals surface area contributed by atoms with Crippen LogP contribution < -0.4 is 0 Å². The topological polar surface area (TPSA) is 4.93 Å². The van der Waals surface area contributed by atoms with Crippen LogP contribution in [0.4, 0.5) is 0 Å². The summed E-state index contributed by atoms with van der Waals surface area (Å²) in [5.74, 6) is 0.